The van der Waals surface area contributed by atoms with Crippen molar-refractivity contribution in [2.75, 3.05) is 11.9 Å². The average Bonchev–Trinajstić information content (AvgIpc) is 2.36. The highest BCUT2D eigenvalue weighted by Crippen LogP contribution is 2.44. The number of hydrogen-bond donors (Lipinski definition) is 2. The van der Waals surface area contributed by atoms with Crippen LogP contribution in [0.4, 0.5) is 5.69 Å². The molecular weight excluding hydrogens is 250 g/mol. The second-order valence-electron chi connectivity index (χ2n) is 5.28. The van der Waals surface area contributed by atoms with Crippen molar-refractivity contribution in [2.24, 2.45) is 0 Å². The summed E-state index contributed by atoms with van der Waals surface area (Å²) in [5.74, 6) is 0.0936. The third-order valence-corrected chi connectivity index (χ3v) is 6.82. The Morgan fingerprint density at radius 3 is 2.61 bits per heavy atom. The highest BCUT2D eigenvalue weighted by Gasteiger charge is 2.48. The molecule has 2 N–H and O–H groups in total. The highest BCUT2D eigenvalue weighted by atomic mass is 32.2. The van der Waals surface area contributed by atoms with Gasteiger partial charge < -0.3 is 10.4 Å². The van der Waals surface area contributed by atoms with E-state index in [1.165, 1.54) is 18.2 Å². The minimum absolute atomic E-state index is 0.0936. The Balaban J connectivity index is 2.13. The lowest BCUT2D eigenvalue weighted by atomic mass is 9.88. The lowest BCUT2D eigenvalue weighted by Crippen LogP contribution is -2.49. The minimum atomic E-state index is -3.30. The fourth-order valence-electron chi connectivity index (χ4n) is 3.12. The first-order valence-electron chi connectivity index (χ1n) is 6.37. The Morgan fingerprint density at radius 1 is 1.17 bits per heavy atom. The molecule has 2 aliphatic rings. The van der Waals surface area contributed by atoms with Crippen molar-refractivity contribution >= 4 is 15.5 Å². The Morgan fingerprint density at radius 2 is 1.89 bits per heavy atom. The number of hydrogen-bond acceptors (Lipinski definition) is 4. The maximum Gasteiger partial charge on any atom is 0.187 e. The summed E-state index contributed by atoms with van der Waals surface area (Å²) in [7, 11) is -3.30. The number of fused-ring (bicyclic) bond motifs is 1. The van der Waals surface area contributed by atoms with Gasteiger partial charge in [0.2, 0.25) is 0 Å². The molecule has 1 spiro atoms. The van der Waals surface area contributed by atoms with Crippen molar-refractivity contribution in [1.29, 1.82) is 0 Å². The molecule has 0 aromatic heterocycles. The van der Waals surface area contributed by atoms with Crippen LogP contribution in [0.1, 0.15) is 32.1 Å². The van der Waals surface area contributed by atoms with Crippen LogP contribution in [0.5, 0.6) is 5.75 Å². The zero-order valence-corrected chi connectivity index (χ0v) is 11.0. The Labute approximate surface area is 107 Å². The van der Waals surface area contributed by atoms with Crippen molar-refractivity contribution in [3.05, 3.63) is 18.2 Å². The van der Waals surface area contributed by atoms with Gasteiger partial charge >= 0.3 is 0 Å². The molecule has 0 amide bonds. The molecular formula is C13H17NO3S. The maximum absolute atomic E-state index is 12.8. The first kappa shape index (κ1) is 11.8. The quantitative estimate of drug-likeness (QED) is 0.757. The van der Waals surface area contributed by atoms with Crippen molar-refractivity contribution in [2.45, 2.75) is 41.7 Å². The van der Waals surface area contributed by atoms with Gasteiger partial charge in [-0.25, -0.2) is 8.42 Å². The Hall–Kier alpha value is -1.23. The molecule has 1 heterocycles. The van der Waals surface area contributed by atoms with Crippen LogP contribution >= 0.6 is 0 Å². The van der Waals surface area contributed by atoms with Crippen LogP contribution < -0.4 is 5.32 Å². The summed E-state index contributed by atoms with van der Waals surface area (Å²) in [4.78, 5) is 0.341. The third-order valence-electron chi connectivity index (χ3n) is 4.19. The zero-order valence-electron chi connectivity index (χ0n) is 10.1. The molecule has 4 nitrogen and oxygen atoms in total. The van der Waals surface area contributed by atoms with Gasteiger partial charge in [-0.3, -0.25) is 0 Å². The van der Waals surface area contributed by atoms with E-state index in [1.807, 2.05) is 0 Å². The van der Waals surface area contributed by atoms with Crippen LogP contribution in [0.25, 0.3) is 0 Å². The van der Waals surface area contributed by atoms with Gasteiger partial charge in [-0.1, -0.05) is 19.3 Å². The number of benzene rings is 1. The molecule has 0 unspecified atom stereocenters. The highest BCUT2D eigenvalue weighted by molar-refractivity contribution is 7.93. The van der Waals surface area contributed by atoms with Gasteiger partial charge in [-0.05, 0) is 25.0 Å². The van der Waals surface area contributed by atoms with E-state index in [4.69, 9.17) is 0 Å². The minimum Gasteiger partial charge on any atom is -0.508 e. The molecule has 0 atom stereocenters. The van der Waals surface area contributed by atoms with Crippen molar-refractivity contribution in [1.82, 2.24) is 0 Å². The normalized spacial score (nSPS) is 24.2. The number of sulfone groups is 1. The summed E-state index contributed by atoms with van der Waals surface area (Å²) in [6, 6.07) is 4.45. The topological polar surface area (TPSA) is 66.4 Å². The number of anilines is 1. The second-order valence-corrected chi connectivity index (χ2v) is 7.59. The lowest BCUT2D eigenvalue weighted by Gasteiger charge is -2.40. The molecule has 1 aromatic rings. The molecule has 1 aromatic carbocycles. The fraction of sp³-hybridized carbons (Fsp3) is 0.538. The van der Waals surface area contributed by atoms with E-state index in [0.29, 0.717) is 17.1 Å². The van der Waals surface area contributed by atoms with Gasteiger partial charge in [0, 0.05) is 12.6 Å². The number of aromatic hydroxyl groups is 1. The molecule has 3 rings (SSSR count). The van der Waals surface area contributed by atoms with Gasteiger partial charge in [-0.2, -0.15) is 0 Å². The van der Waals surface area contributed by atoms with Crippen molar-refractivity contribution in [3.8, 4) is 5.75 Å². The Kier molecular flexibility index (Phi) is 2.55. The van der Waals surface area contributed by atoms with E-state index in [-0.39, 0.29) is 5.75 Å². The number of phenolic OH excluding ortho intramolecular Hbond substituents is 1. The molecule has 1 aliphatic heterocycles. The van der Waals surface area contributed by atoms with Crippen LogP contribution in [0.3, 0.4) is 0 Å². The van der Waals surface area contributed by atoms with Gasteiger partial charge in [0.1, 0.15) is 5.75 Å². The summed E-state index contributed by atoms with van der Waals surface area (Å²) >= 11 is 0. The Bertz CT molecular complexity index is 574. The van der Waals surface area contributed by atoms with E-state index in [9.17, 15) is 13.5 Å². The van der Waals surface area contributed by atoms with E-state index in [1.54, 1.807) is 0 Å². The van der Waals surface area contributed by atoms with E-state index in [0.717, 1.165) is 32.1 Å². The van der Waals surface area contributed by atoms with Crippen LogP contribution in [-0.4, -0.2) is 24.8 Å². The molecule has 0 saturated heterocycles. The number of nitrogens with one attached hydrogen (secondary N) is 1. The number of rotatable bonds is 0. The van der Waals surface area contributed by atoms with E-state index in [2.05, 4.69) is 5.32 Å². The second kappa shape index (κ2) is 3.88. The molecule has 1 fully saturated rings. The lowest BCUT2D eigenvalue weighted by molar-refractivity contribution is 0.380. The smallest absolute Gasteiger partial charge is 0.187 e. The molecule has 1 saturated carbocycles. The SMILES string of the molecule is O=S1(=O)c2ccc(O)cc2NCC12CCCCC2. The van der Waals surface area contributed by atoms with Crippen LogP contribution in [0.2, 0.25) is 0 Å². The van der Waals surface area contributed by atoms with E-state index >= 15 is 0 Å². The molecule has 18 heavy (non-hydrogen) atoms. The third kappa shape index (κ3) is 1.53. The average molecular weight is 267 g/mol. The maximum atomic E-state index is 12.8. The molecule has 0 radical (unpaired) electrons. The summed E-state index contributed by atoms with van der Waals surface area (Å²) in [6.07, 6.45) is 4.56. The van der Waals surface area contributed by atoms with Crippen LogP contribution in [0, 0.1) is 0 Å². The van der Waals surface area contributed by atoms with Crippen LogP contribution in [-0.2, 0) is 9.84 Å². The standard InChI is InChI=1S/C13H17NO3S/c15-10-4-5-12-11(8-10)14-9-13(18(12,16)17)6-2-1-3-7-13/h4-5,8,14-15H,1-3,6-7,9H2. The first-order chi connectivity index (χ1) is 8.55. The number of phenols is 1. The van der Waals surface area contributed by atoms with Crippen molar-refractivity contribution in [3.63, 3.8) is 0 Å². The fourth-order valence-corrected chi connectivity index (χ4v) is 5.34. The van der Waals surface area contributed by atoms with Gasteiger partial charge in [0.05, 0.1) is 15.3 Å². The van der Waals surface area contributed by atoms with Gasteiger partial charge in [0.25, 0.3) is 0 Å². The van der Waals surface area contributed by atoms with Crippen molar-refractivity contribution < 1.29 is 13.5 Å². The summed E-state index contributed by atoms with van der Waals surface area (Å²) < 4.78 is 24.9. The molecule has 5 heteroatoms. The zero-order chi connectivity index (χ0) is 12.8. The predicted octanol–water partition coefficient (Wildman–Crippen LogP) is 2.29. The largest absolute Gasteiger partial charge is 0.508 e. The van der Waals surface area contributed by atoms with Crippen LogP contribution in [0.15, 0.2) is 23.1 Å². The van der Waals surface area contributed by atoms with Gasteiger partial charge in [0.15, 0.2) is 9.84 Å². The molecule has 98 valence electrons. The summed E-state index contributed by atoms with van der Waals surface area (Å²) in [6.45, 7) is 0.464. The predicted molar refractivity (Wildman–Crippen MR) is 69.6 cm³/mol. The summed E-state index contributed by atoms with van der Waals surface area (Å²) in [5.41, 5.74) is 0.534. The summed E-state index contributed by atoms with van der Waals surface area (Å²) in [5, 5.41) is 12.6. The van der Waals surface area contributed by atoms with E-state index < -0.39 is 14.6 Å². The molecule has 1 aliphatic carbocycles. The monoisotopic (exact) mass is 267 g/mol. The molecule has 0 bridgehead atoms. The first-order valence-corrected chi connectivity index (χ1v) is 7.85. The van der Waals surface area contributed by atoms with Gasteiger partial charge in [-0.15, -0.1) is 0 Å².